The fraction of sp³-hybridized carbons (Fsp3) is 0.684. The van der Waals surface area contributed by atoms with Crippen LogP contribution in [0.2, 0.25) is 0 Å². The maximum Gasteiger partial charge on any atom is 0.0472 e. The lowest BCUT2D eigenvalue weighted by atomic mass is 9.85. The third-order valence-electron chi connectivity index (χ3n) is 5.18. The fourth-order valence-electron chi connectivity index (χ4n) is 3.45. The zero-order valence-electron chi connectivity index (χ0n) is 13.6. The highest BCUT2D eigenvalue weighted by Crippen LogP contribution is 2.33. The highest BCUT2D eigenvalue weighted by molar-refractivity contribution is 5.19. The van der Waals surface area contributed by atoms with Crippen molar-refractivity contribution in [1.29, 1.82) is 0 Å². The Morgan fingerprint density at radius 1 is 1.14 bits per heavy atom. The van der Waals surface area contributed by atoms with Crippen LogP contribution in [0.25, 0.3) is 0 Å². The smallest absolute Gasteiger partial charge is 0.0472 e. The van der Waals surface area contributed by atoms with Crippen molar-refractivity contribution in [3.8, 4) is 0 Å². The van der Waals surface area contributed by atoms with Crippen LogP contribution in [0.5, 0.6) is 0 Å². The molecule has 3 rings (SSSR count). The molecule has 1 unspecified atom stereocenters. The number of rotatable bonds is 5. The standard InChI is InChI=1S/C19H30N2/c1-19(2)11-6-13-21(14-12-19)18(15-20-17-9-10-17)16-7-4-3-5-8-16/h3-5,7-8,17-18,20H,6,9-15H2,1-2H3. The zero-order chi connectivity index (χ0) is 14.7. The minimum atomic E-state index is 0.514. The molecule has 1 aromatic carbocycles. The van der Waals surface area contributed by atoms with Gasteiger partial charge in [-0.1, -0.05) is 44.2 Å². The number of hydrogen-bond acceptors (Lipinski definition) is 2. The molecule has 0 aromatic heterocycles. The highest BCUT2D eigenvalue weighted by atomic mass is 15.2. The molecule has 1 N–H and O–H groups in total. The molecule has 1 aliphatic carbocycles. The van der Waals surface area contributed by atoms with Gasteiger partial charge >= 0.3 is 0 Å². The molecule has 21 heavy (non-hydrogen) atoms. The van der Waals surface area contributed by atoms with Gasteiger partial charge in [-0.3, -0.25) is 4.90 Å². The zero-order valence-corrected chi connectivity index (χ0v) is 13.6. The van der Waals surface area contributed by atoms with Crippen molar-refractivity contribution in [2.24, 2.45) is 5.41 Å². The number of benzene rings is 1. The van der Waals surface area contributed by atoms with Gasteiger partial charge in [0.15, 0.2) is 0 Å². The number of nitrogens with one attached hydrogen (secondary N) is 1. The maximum atomic E-state index is 3.75. The topological polar surface area (TPSA) is 15.3 Å². The van der Waals surface area contributed by atoms with Crippen LogP contribution in [0.15, 0.2) is 30.3 Å². The Labute approximate surface area is 129 Å². The minimum absolute atomic E-state index is 0.514. The Morgan fingerprint density at radius 2 is 1.90 bits per heavy atom. The molecular formula is C19H30N2. The number of nitrogens with zero attached hydrogens (tertiary/aromatic N) is 1. The Bertz CT molecular complexity index is 436. The predicted octanol–water partition coefficient (Wildman–Crippen LogP) is 3.99. The van der Waals surface area contributed by atoms with Crippen molar-refractivity contribution in [2.75, 3.05) is 19.6 Å². The molecule has 1 heterocycles. The van der Waals surface area contributed by atoms with E-state index in [1.807, 2.05) is 0 Å². The van der Waals surface area contributed by atoms with Gasteiger partial charge in [-0.2, -0.15) is 0 Å². The quantitative estimate of drug-likeness (QED) is 0.880. The van der Waals surface area contributed by atoms with E-state index in [0.717, 1.165) is 12.6 Å². The first-order valence-corrected chi connectivity index (χ1v) is 8.66. The van der Waals surface area contributed by atoms with Gasteiger partial charge in [0.1, 0.15) is 0 Å². The second-order valence-corrected chi connectivity index (χ2v) is 7.66. The fourth-order valence-corrected chi connectivity index (χ4v) is 3.45. The van der Waals surface area contributed by atoms with Crippen molar-refractivity contribution in [3.63, 3.8) is 0 Å². The highest BCUT2D eigenvalue weighted by Gasteiger charge is 2.29. The summed E-state index contributed by atoms with van der Waals surface area (Å²) in [5.41, 5.74) is 1.99. The molecule has 1 aromatic rings. The van der Waals surface area contributed by atoms with E-state index in [9.17, 15) is 0 Å². The van der Waals surface area contributed by atoms with Crippen molar-refractivity contribution in [3.05, 3.63) is 35.9 Å². The van der Waals surface area contributed by atoms with Gasteiger partial charge in [-0.15, -0.1) is 0 Å². The van der Waals surface area contributed by atoms with Gasteiger partial charge < -0.3 is 5.32 Å². The van der Waals surface area contributed by atoms with Crippen LogP contribution < -0.4 is 5.32 Å². The lowest BCUT2D eigenvalue weighted by molar-refractivity contribution is 0.191. The molecule has 2 nitrogen and oxygen atoms in total. The maximum absolute atomic E-state index is 3.75. The molecule has 0 spiro atoms. The van der Waals surface area contributed by atoms with Crippen LogP contribution in [-0.2, 0) is 0 Å². The van der Waals surface area contributed by atoms with Crippen LogP contribution in [0.4, 0.5) is 0 Å². The van der Waals surface area contributed by atoms with Gasteiger partial charge in [0.25, 0.3) is 0 Å². The second kappa shape index (κ2) is 6.50. The van der Waals surface area contributed by atoms with E-state index in [2.05, 4.69) is 54.4 Å². The second-order valence-electron chi connectivity index (χ2n) is 7.66. The minimum Gasteiger partial charge on any atom is -0.312 e. The molecule has 0 bridgehead atoms. The van der Waals surface area contributed by atoms with Gasteiger partial charge in [0, 0.05) is 18.6 Å². The van der Waals surface area contributed by atoms with Crippen LogP contribution >= 0.6 is 0 Å². The first-order valence-electron chi connectivity index (χ1n) is 8.66. The van der Waals surface area contributed by atoms with E-state index in [0.29, 0.717) is 11.5 Å². The summed E-state index contributed by atoms with van der Waals surface area (Å²) in [6, 6.07) is 12.4. The molecule has 0 radical (unpaired) electrons. The molecule has 2 aliphatic rings. The molecule has 1 saturated heterocycles. The average molecular weight is 286 g/mol. The SMILES string of the molecule is CC1(C)CCCN(C(CNC2CC2)c2ccccc2)CC1. The van der Waals surface area contributed by atoms with Gasteiger partial charge in [-0.25, -0.2) is 0 Å². The Hall–Kier alpha value is -0.860. The third kappa shape index (κ3) is 4.31. The molecule has 0 amide bonds. The summed E-state index contributed by atoms with van der Waals surface area (Å²) in [7, 11) is 0. The monoisotopic (exact) mass is 286 g/mol. The van der Waals surface area contributed by atoms with E-state index < -0.39 is 0 Å². The van der Waals surface area contributed by atoms with Gasteiger partial charge in [0.2, 0.25) is 0 Å². The molecular weight excluding hydrogens is 256 g/mol. The summed E-state index contributed by atoms with van der Waals surface area (Å²) in [5, 5.41) is 3.75. The molecule has 1 saturated carbocycles. The van der Waals surface area contributed by atoms with E-state index in [1.54, 1.807) is 0 Å². The van der Waals surface area contributed by atoms with Gasteiger partial charge in [0.05, 0.1) is 0 Å². The third-order valence-corrected chi connectivity index (χ3v) is 5.18. The van der Waals surface area contributed by atoms with Crippen LogP contribution in [0, 0.1) is 5.41 Å². The summed E-state index contributed by atoms with van der Waals surface area (Å²) >= 11 is 0. The summed E-state index contributed by atoms with van der Waals surface area (Å²) in [6.07, 6.45) is 6.75. The van der Waals surface area contributed by atoms with E-state index in [1.165, 1.54) is 50.8 Å². The molecule has 116 valence electrons. The Balaban J connectivity index is 1.70. The van der Waals surface area contributed by atoms with E-state index in [-0.39, 0.29) is 0 Å². The van der Waals surface area contributed by atoms with Crippen molar-refractivity contribution < 1.29 is 0 Å². The summed E-state index contributed by atoms with van der Waals surface area (Å²) in [5.74, 6) is 0. The van der Waals surface area contributed by atoms with Crippen molar-refractivity contribution >= 4 is 0 Å². The first kappa shape index (κ1) is 15.1. The van der Waals surface area contributed by atoms with Crippen molar-refractivity contribution in [2.45, 2.75) is 58.0 Å². The average Bonchev–Trinajstić information content (AvgIpc) is 3.29. The predicted molar refractivity (Wildman–Crippen MR) is 89.4 cm³/mol. The Kier molecular flexibility index (Phi) is 4.66. The molecule has 2 heteroatoms. The first-order chi connectivity index (χ1) is 10.1. The van der Waals surface area contributed by atoms with Crippen LogP contribution in [0.1, 0.15) is 57.6 Å². The van der Waals surface area contributed by atoms with Gasteiger partial charge in [-0.05, 0) is 56.2 Å². The largest absolute Gasteiger partial charge is 0.312 e. The lowest BCUT2D eigenvalue weighted by Gasteiger charge is -2.32. The van der Waals surface area contributed by atoms with Crippen LogP contribution in [-0.4, -0.2) is 30.6 Å². The van der Waals surface area contributed by atoms with E-state index in [4.69, 9.17) is 0 Å². The Morgan fingerprint density at radius 3 is 2.62 bits per heavy atom. The molecule has 1 atom stereocenters. The summed E-state index contributed by atoms with van der Waals surface area (Å²) in [4.78, 5) is 2.72. The molecule has 1 aliphatic heterocycles. The normalized spacial score (nSPS) is 24.5. The summed E-state index contributed by atoms with van der Waals surface area (Å²) < 4.78 is 0. The lowest BCUT2D eigenvalue weighted by Crippen LogP contribution is -2.37. The number of hydrogen-bond donors (Lipinski definition) is 1. The van der Waals surface area contributed by atoms with Crippen LogP contribution in [0.3, 0.4) is 0 Å². The number of likely N-dealkylation sites (tertiary alicyclic amines) is 1. The summed E-state index contributed by atoms with van der Waals surface area (Å²) in [6.45, 7) is 8.44. The van der Waals surface area contributed by atoms with E-state index >= 15 is 0 Å². The molecule has 2 fully saturated rings. The van der Waals surface area contributed by atoms with Crippen molar-refractivity contribution in [1.82, 2.24) is 10.2 Å².